The minimum Gasteiger partial charge on any atom is -0.467 e. The smallest absolute Gasteiger partial charge is 0.217 e. The van der Waals surface area contributed by atoms with E-state index in [1.54, 1.807) is 0 Å². The Kier molecular flexibility index (Phi) is 4.44. The molecule has 0 aliphatic carbocycles. The van der Waals surface area contributed by atoms with E-state index in [0.29, 0.717) is 5.90 Å². The van der Waals surface area contributed by atoms with Crippen molar-refractivity contribution in [1.82, 2.24) is 0 Å². The molecule has 4 rings (SSSR count). The largest absolute Gasteiger partial charge is 0.467 e. The van der Waals surface area contributed by atoms with Crippen LogP contribution in [0.2, 0.25) is 0 Å². The average molecular weight is 342 g/mol. The molecule has 0 saturated heterocycles. The quantitative estimate of drug-likeness (QED) is 0.665. The van der Waals surface area contributed by atoms with Crippen LogP contribution < -0.4 is 4.90 Å². The third-order valence-electron chi connectivity index (χ3n) is 4.68. The standard InChI is InChI=1S/C23H22N2O/c1-25(2)20-15-13-17(14-16-20)21-22(18-9-5-3-6-10-18)26-23(24-21)19-11-7-4-8-12-19/h3-16,21-22H,1-2H3. The molecule has 0 amide bonds. The van der Waals surface area contributed by atoms with Gasteiger partial charge in [-0.1, -0.05) is 60.7 Å². The highest BCUT2D eigenvalue weighted by molar-refractivity contribution is 5.95. The van der Waals surface area contributed by atoms with Crippen LogP contribution >= 0.6 is 0 Å². The van der Waals surface area contributed by atoms with Crippen LogP contribution in [0.1, 0.15) is 28.8 Å². The molecular weight excluding hydrogens is 320 g/mol. The van der Waals surface area contributed by atoms with Crippen LogP contribution in [0.4, 0.5) is 5.69 Å². The van der Waals surface area contributed by atoms with Gasteiger partial charge in [-0.2, -0.15) is 0 Å². The molecule has 0 N–H and O–H groups in total. The van der Waals surface area contributed by atoms with Gasteiger partial charge in [0.05, 0.1) is 0 Å². The van der Waals surface area contributed by atoms with E-state index in [9.17, 15) is 0 Å². The van der Waals surface area contributed by atoms with Gasteiger partial charge < -0.3 is 9.64 Å². The van der Waals surface area contributed by atoms with Gasteiger partial charge in [0.1, 0.15) is 6.04 Å². The van der Waals surface area contributed by atoms with Crippen LogP contribution in [0.15, 0.2) is 89.9 Å². The summed E-state index contributed by atoms with van der Waals surface area (Å²) in [6.07, 6.45) is -0.114. The van der Waals surface area contributed by atoms with Gasteiger partial charge >= 0.3 is 0 Å². The molecule has 1 aliphatic heterocycles. The monoisotopic (exact) mass is 342 g/mol. The first-order chi connectivity index (χ1) is 12.7. The highest BCUT2D eigenvalue weighted by atomic mass is 16.5. The zero-order chi connectivity index (χ0) is 17.9. The van der Waals surface area contributed by atoms with Gasteiger partial charge in [-0.25, -0.2) is 4.99 Å². The zero-order valence-electron chi connectivity index (χ0n) is 15.0. The SMILES string of the molecule is CN(C)c1ccc(C2N=C(c3ccccc3)OC2c2ccccc2)cc1. The van der Waals surface area contributed by atoms with Gasteiger partial charge in [-0.3, -0.25) is 0 Å². The summed E-state index contributed by atoms with van der Waals surface area (Å²) in [7, 11) is 4.10. The van der Waals surface area contributed by atoms with Crippen LogP contribution in [-0.2, 0) is 4.74 Å². The molecular formula is C23H22N2O. The molecule has 26 heavy (non-hydrogen) atoms. The molecule has 0 bridgehead atoms. The Morgan fingerprint density at radius 1 is 0.731 bits per heavy atom. The van der Waals surface area contributed by atoms with Crippen molar-refractivity contribution in [2.24, 2.45) is 4.99 Å². The number of hydrogen-bond donors (Lipinski definition) is 0. The van der Waals surface area contributed by atoms with E-state index >= 15 is 0 Å². The fourth-order valence-corrected chi connectivity index (χ4v) is 3.24. The fraction of sp³-hybridized carbons (Fsp3) is 0.174. The first-order valence-electron chi connectivity index (χ1n) is 8.84. The van der Waals surface area contributed by atoms with E-state index in [1.165, 1.54) is 5.69 Å². The minimum absolute atomic E-state index is 0.0520. The summed E-state index contributed by atoms with van der Waals surface area (Å²) in [5.41, 5.74) is 4.50. The average Bonchev–Trinajstić information content (AvgIpc) is 3.15. The van der Waals surface area contributed by atoms with Gasteiger partial charge in [0, 0.05) is 25.3 Å². The van der Waals surface area contributed by atoms with E-state index in [0.717, 1.165) is 16.7 Å². The number of benzene rings is 3. The molecule has 0 radical (unpaired) electrons. The molecule has 3 nitrogen and oxygen atoms in total. The van der Waals surface area contributed by atoms with E-state index in [-0.39, 0.29) is 12.1 Å². The lowest BCUT2D eigenvalue weighted by Gasteiger charge is -2.19. The summed E-state index contributed by atoms with van der Waals surface area (Å²) in [6, 6.07) is 29.0. The summed E-state index contributed by atoms with van der Waals surface area (Å²) in [5.74, 6) is 0.709. The summed E-state index contributed by atoms with van der Waals surface area (Å²) < 4.78 is 6.32. The Bertz CT molecular complexity index is 887. The number of ether oxygens (including phenoxy) is 1. The topological polar surface area (TPSA) is 24.8 Å². The van der Waals surface area contributed by atoms with Gasteiger partial charge in [0.15, 0.2) is 6.10 Å². The van der Waals surface area contributed by atoms with Gasteiger partial charge in [0.2, 0.25) is 5.90 Å². The Hall–Kier alpha value is -3.07. The van der Waals surface area contributed by atoms with Crippen molar-refractivity contribution in [2.45, 2.75) is 12.1 Å². The summed E-state index contributed by atoms with van der Waals surface area (Å²) in [5, 5.41) is 0. The fourth-order valence-electron chi connectivity index (χ4n) is 3.24. The van der Waals surface area contributed by atoms with E-state index < -0.39 is 0 Å². The molecule has 1 heterocycles. The number of rotatable bonds is 4. The maximum Gasteiger partial charge on any atom is 0.217 e. The molecule has 0 fully saturated rings. The lowest BCUT2D eigenvalue weighted by molar-refractivity contribution is 0.197. The number of aliphatic imine (C=N–C) groups is 1. The molecule has 3 heteroatoms. The third kappa shape index (κ3) is 3.21. The summed E-state index contributed by atoms with van der Waals surface area (Å²) >= 11 is 0. The third-order valence-corrected chi connectivity index (χ3v) is 4.68. The molecule has 2 atom stereocenters. The molecule has 130 valence electrons. The molecule has 1 aliphatic rings. The van der Waals surface area contributed by atoms with Crippen LogP contribution in [0.3, 0.4) is 0 Å². The first kappa shape index (κ1) is 16.4. The van der Waals surface area contributed by atoms with Crippen molar-refractivity contribution >= 4 is 11.6 Å². The predicted octanol–water partition coefficient (Wildman–Crippen LogP) is 5.01. The summed E-state index contributed by atoms with van der Waals surface area (Å²) in [4.78, 5) is 7.04. The second-order valence-electron chi connectivity index (χ2n) is 6.68. The van der Waals surface area contributed by atoms with Gasteiger partial charge in [0.25, 0.3) is 0 Å². The van der Waals surface area contributed by atoms with Gasteiger partial charge in [-0.05, 0) is 35.4 Å². The minimum atomic E-state index is -0.114. The molecule has 0 spiro atoms. The lowest BCUT2D eigenvalue weighted by Crippen LogP contribution is -2.10. The molecule has 0 aromatic heterocycles. The van der Waals surface area contributed by atoms with E-state index in [2.05, 4.69) is 41.3 Å². The number of nitrogens with zero attached hydrogens (tertiary/aromatic N) is 2. The van der Waals surface area contributed by atoms with Crippen molar-refractivity contribution in [1.29, 1.82) is 0 Å². The molecule has 3 aromatic rings. The Balaban J connectivity index is 1.72. The van der Waals surface area contributed by atoms with Gasteiger partial charge in [-0.15, -0.1) is 0 Å². The summed E-state index contributed by atoms with van der Waals surface area (Å²) in [6.45, 7) is 0. The van der Waals surface area contributed by atoms with Crippen LogP contribution in [0.5, 0.6) is 0 Å². The Labute approximate surface area is 154 Å². The van der Waals surface area contributed by atoms with Crippen LogP contribution in [0, 0.1) is 0 Å². The van der Waals surface area contributed by atoms with Crippen molar-refractivity contribution in [3.8, 4) is 0 Å². The number of hydrogen-bond acceptors (Lipinski definition) is 3. The van der Waals surface area contributed by atoms with Crippen LogP contribution in [-0.4, -0.2) is 20.0 Å². The van der Waals surface area contributed by atoms with Crippen molar-refractivity contribution < 1.29 is 4.74 Å². The van der Waals surface area contributed by atoms with Crippen molar-refractivity contribution in [3.05, 3.63) is 102 Å². The normalized spacial score (nSPS) is 18.9. The highest BCUT2D eigenvalue weighted by Crippen LogP contribution is 2.41. The van der Waals surface area contributed by atoms with E-state index in [1.807, 2.05) is 62.6 Å². The molecule has 3 aromatic carbocycles. The Morgan fingerprint density at radius 2 is 1.35 bits per heavy atom. The molecule has 0 saturated carbocycles. The Morgan fingerprint density at radius 3 is 1.96 bits per heavy atom. The predicted molar refractivity (Wildman–Crippen MR) is 107 cm³/mol. The molecule has 2 unspecified atom stereocenters. The maximum absolute atomic E-state index is 6.32. The maximum atomic E-state index is 6.32. The first-order valence-corrected chi connectivity index (χ1v) is 8.84. The second-order valence-corrected chi connectivity index (χ2v) is 6.68. The lowest BCUT2D eigenvalue weighted by atomic mass is 9.96. The second kappa shape index (κ2) is 7.04. The highest BCUT2D eigenvalue weighted by Gasteiger charge is 2.34. The number of anilines is 1. The zero-order valence-corrected chi connectivity index (χ0v) is 15.0. The van der Waals surface area contributed by atoms with E-state index in [4.69, 9.17) is 9.73 Å². The van der Waals surface area contributed by atoms with Crippen LogP contribution in [0.25, 0.3) is 0 Å². The van der Waals surface area contributed by atoms with Crippen molar-refractivity contribution in [2.75, 3.05) is 19.0 Å². The van der Waals surface area contributed by atoms with Crippen molar-refractivity contribution in [3.63, 3.8) is 0 Å².